The van der Waals surface area contributed by atoms with E-state index in [1.807, 2.05) is 32.9 Å². The van der Waals surface area contributed by atoms with Crippen LogP contribution in [0.3, 0.4) is 0 Å². The van der Waals surface area contributed by atoms with Crippen LogP contribution in [0.25, 0.3) is 0 Å². The van der Waals surface area contributed by atoms with Crippen molar-refractivity contribution in [2.24, 2.45) is 0 Å². The number of rotatable bonds is 7. The van der Waals surface area contributed by atoms with Gasteiger partial charge in [0.05, 0.1) is 18.0 Å². The lowest BCUT2D eigenvalue weighted by Crippen LogP contribution is -2.41. The maximum atomic E-state index is 12.7. The minimum atomic E-state index is -3.66. The average Bonchev–Trinajstić information content (AvgIpc) is 2.61. The second kappa shape index (κ2) is 8.97. The highest BCUT2D eigenvalue weighted by molar-refractivity contribution is 7.92. The number of amides is 1. The molecule has 0 aromatic heterocycles. The lowest BCUT2D eigenvalue weighted by atomic mass is 9.99. The predicted molar refractivity (Wildman–Crippen MR) is 115 cm³/mol. The molecule has 5 nitrogen and oxygen atoms in total. The number of nitrogens with zero attached hydrogens (tertiary/aromatic N) is 1. The first kappa shape index (κ1) is 22.2. The summed E-state index contributed by atoms with van der Waals surface area (Å²) in [4.78, 5) is 12.7. The van der Waals surface area contributed by atoms with Crippen molar-refractivity contribution in [3.63, 3.8) is 0 Å². The van der Waals surface area contributed by atoms with Gasteiger partial charge in [-0.2, -0.15) is 0 Å². The van der Waals surface area contributed by atoms with Crippen molar-refractivity contribution in [1.82, 2.24) is 5.32 Å². The Hall–Kier alpha value is -2.05. The fourth-order valence-corrected chi connectivity index (χ4v) is 4.08. The quantitative estimate of drug-likeness (QED) is 0.723. The van der Waals surface area contributed by atoms with E-state index in [0.717, 1.165) is 27.3 Å². The van der Waals surface area contributed by atoms with Gasteiger partial charge in [0.25, 0.3) is 0 Å². The van der Waals surface area contributed by atoms with Crippen molar-refractivity contribution in [1.29, 1.82) is 0 Å². The fraction of sp³-hybridized carbons (Fsp3) is 0.381. The summed E-state index contributed by atoms with van der Waals surface area (Å²) in [5, 5.41) is 3.37. The molecule has 0 saturated carbocycles. The lowest BCUT2D eigenvalue weighted by molar-refractivity contribution is -0.120. The zero-order chi connectivity index (χ0) is 21.1. The van der Waals surface area contributed by atoms with E-state index < -0.39 is 10.0 Å². The molecule has 7 heteroatoms. The molecule has 2 rings (SSSR count). The predicted octanol–water partition coefficient (Wildman–Crippen LogP) is 4.30. The minimum Gasteiger partial charge on any atom is -0.348 e. The highest BCUT2D eigenvalue weighted by Crippen LogP contribution is 2.26. The molecule has 1 N–H and O–H groups in total. The number of hydrogen-bond donors (Lipinski definition) is 1. The van der Waals surface area contributed by atoms with Gasteiger partial charge in [-0.05, 0) is 61.6 Å². The SMILES string of the molecule is CC[C@H](NC(=O)CN(c1cc(Cl)ccc1C)S(C)(=O)=O)c1ccc(C)c(C)c1. The molecule has 152 valence electrons. The fourth-order valence-electron chi connectivity index (χ4n) is 3.01. The third kappa shape index (κ3) is 5.49. The zero-order valence-electron chi connectivity index (χ0n) is 16.9. The van der Waals surface area contributed by atoms with Gasteiger partial charge >= 0.3 is 0 Å². The van der Waals surface area contributed by atoms with Crippen molar-refractivity contribution in [2.45, 2.75) is 40.2 Å². The molecule has 1 atom stereocenters. The van der Waals surface area contributed by atoms with Crippen LogP contribution in [0.2, 0.25) is 5.02 Å². The molecule has 0 unspecified atom stereocenters. The van der Waals surface area contributed by atoms with Gasteiger partial charge in [-0.3, -0.25) is 9.10 Å². The third-order valence-electron chi connectivity index (χ3n) is 4.80. The third-order valence-corrected chi connectivity index (χ3v) is 6.17. The Morgan fingerprint density at radius 1 is 1.07 bits per heavy atom. The van der Waals surface area contributed by atoms with E-state index in [1.54, 1.807) is 25.1 Å². The summed E-state index contributed by atoms with van der Waals surface area (Å²) in [7, 11) is -3.66. The molecular formula is C21H27ClN2O3S. The van der Waals surface area contributed by atoms with Crippen LogP contribution in [0.4, 0.5) is 5.69 Å². The van der Waals surface area contributed by atoms with Crippen LogP contribution in [-0.2, 0) is 14.8 Å². The van der Waals surface area contributed by atoms with Crippen LogP contribution in [0.5, 0.6) is 0 Å². The van der Waals surface area contributed by atoms with Gasteiger partial charge < -0.3 is 5.32 Å². The van der Waals surface area contributed by atoms with Gasteiger partial charge in [-0.25, -0.2) is 8.42 Å². The summed E-state index contributed by atoms with van der Waals surface area (Å²) >= 11 is 6.04. The number of carbonyl (C=O) groups excluding carboxylic acids is 1. The molecule has 0 saturated heterocycles. The van der Waals surface area contributed by atoms with Crippen LogP contribution >= 0.6 is 11.6 Å². The van der Waals surface area contributed by atoms with Gasteiger partial charge in [0.1, 0.15) is 6.54 Å². The normalized spacial score (nSPS) is 12.5. The second-order valence-electron chi connectivity index (χ2n) is 7.07. The summed E-state index contributed by atoms with van der Waals surface area (Å²) in [5.41, 5.74) is 4.47. The highest BCUT2D eigenvalue weighted by Gasteiger charge is 2.24. The number of nitrogens with one attached hydrogen (secondary N) is 1. The first-order valence-electron chi connectivity index (χ1n) is 9.13. The number of carbonyl (C=O) groups is 1. The highest BCUT2D eigenvalue weighted by atomic mass is 35.5. The van der Waals surface area contributed by atoms with E-state index in [4.69, 9.17) is 11.6 Å². The Bertz CT molecular complexity index is 974. The van der Waals surface area contributed by atoms with Crippen LogP contribution in [0, 0.1) is 20.8 Å². The maximum Gasteiger partial charge on any atom is 0.241 e. The molecule has 0 aliphatic carbocycles. The number of anilines is 1. The van der Waals surface area contributed by atoms with Gasteiger partial charge in [0.2, 0.25) is 15.9 Å². The van der Waals surface area contributed by atoms with Crippen LogP contribution in [-0.4, -0.2) is 27.1 Å². The van der Waals surface area contributed by atoms with E-state index in [0.29, 0.717) is 17.1 Å². The standard InChI is InChI=1S/C21H27ClN2O3S/c1-6-19(17-9-7-14(2)16(4)11-17)23-21(25)13-24(28(5,26)27)20-12-18(22)10-8-15(20)3/h7-12,19H,6,13H2,1-5H3,(H,23,25)/t19-/m0/s1. The molecule has 28 heavy (non-hydrogen) atoms. The summed E-state index contributed by atoms with van der Waals surface area (Å²) < 4.78 is 25.8. The number of hydrogen-bond acceptors (Lipinski definition) is 3. The van der Waals surface area contributed by atoms with Gasteiger partial charge in [0.15, 0.2) is 0 Å². The first-order chi connectivity index (χ1) is 13.0. The van der Waals surface area contributed by atoms with E-state index in [-0.39, 0.29) is 18.5 Å². The van der Waals surface area contributed by atoms with Gasteiger partial charge in [0, 0.05) is 5.02 Å². The summed E-state index contributed by atoms with van der Waals surface area (Å²) in [6.45, 7) is 7.53. The van der Waals surface area contributed by atoms with Crippen molar-refractivity contribution in [3.05, 3.63) is 63.7 Å². The number of aryl methyl sites for hydroxylation is 3. The summed E-state index contributed by atoms with van der Waals surface area (Å²) in [6, 6.07) is 10.9. The smallest absolute Gasteiger partial charge is 0.241 e. The number of halogens is 1. The van der Waals surface area contributed by atoms with Crippen molar-refractivity contribution in [2.75, 3.05) is 17.1 Å². The van der Waals surface area contributed by atoms with Crippen molar-refractivity contribution >= 4 is 33.2 Å². The Morgan fingerprint density at radius 2 is 1.71 bits per heavy atom. The maximum absolute atomic E-state index is 12.7. The molecule has 1 amide bonds. The molecule has 0 aliphatic heterocycles. The molecule has 0 spiro atoms. The molecule has 0 heterocycles. The molecule has 0 radical (unpaired) electrons. The topological polar surface area (TPSA) is 66.5 Å². The lowest BCUT2D eigenvalue weighted by Gasteiger charge is -2.25. The molecule has 0 bridgehead atoms. The van der Waals surface area contributed by atoms with E-state index in [2.05, 4.69) is 11.4 Å². The van der Waals surface area contributed by atoms with Gasteiger partial charge in [-0.1, -0.05) is 42.8 Å². The Labute approximate surface area is 172 Å². The molecule has 0 aliphatic rings. The molecule has 2 aromatic carbocycles. The van der Waals surface area contributed by atoms with Crippen LogP contribution in [0.1, 0.15) is 41.6 Å². The van der Waals surface area contributed by atoms with E-state index in [9.17, 15) is 13.2 Å². The Kier molecular flexibility index (Phi) is 7.12. The van der Waals surface area contributed by atoms with E-state index in [1.165, 1.54) is 5.56 Å². The van der Waals surface area contributed by atoms with Crippen LogP contribution < -0.4 is 9.62 Å². The summed E-state index contributed by atoms with van der Waals surface area (Å²) in [6.07, 6.45) is 1.78. The molecule has 0 fully saturated rings. The van der Waals surface area contributed by atoms with Gasteiger partial charge in [-0.15, -0.1) is 0 Å². The molecular weight excluding hydrogens is 396 g/mol. The largest absolute Gasteiger partial charge is 0.348 e. The summed E-state index contributed by atoms with van der Waals surface area (Å²) in [5.74, 6) is -0.366. The van der Waals surface area contributed by atoms with Crippen molar-refractivity contribution < 1.29 is 13.2 Å². The van der Waals surface area contributed by atoms with Crippen molar-refractivity contribution in [3.8, 4) is 0 Å². The minimum absolute atomic E-state index is 0.186. The monoisotopic (exact) mass is 422 g/mol. The Balaban J connectivity index is 2.25. The molecule has 2 aromatic rings. The Morgan fingerprint density at radius 3 is 2.29 bits per heavy atom. The van der Waals surface area contributed by atoms with Crippen LogP contribution in [0.15, 0.2) is 36.4 Å². The van der Waals surface area contributed by atoms with E-state index >= 15 is 0 Å². The second-order valence-corrected chi connectivity index (χ2v) is 9.42. The zero-order valence-corrected chi connectivity index (χ0v) is 18.5. The number of sulfonamides is 1. The first-order valence-corrected chi connectivity index (χ1v) is 11.4. The number of benzene rings is 2. The average molecular weight is 423 g/mol.